The second-order valence-electron chi connectivity index (χ2n) is 5.47. The maximum Gasteiger partial charge on any atom is 0.162 e. The molecule has 0 aliphatic rings. The Hall–Kier alpha value is -0.650. The number of hydrogen-bond acceptors (Lipinski definition) is 3. The zero-order chi connectivity index (χ0) is 15.1. The molecule has 1 aromatic heterocycles. The van der Waals surface area contributed by atoms with E-state index in [1.807, 2.05) is 12.1 Å². The molecule has 1 heterocycles. The minimum absolute atomic E-state index is 0.135. The van der Waals surface area contributed by atoms with Crippen molar-refractivity contribution in [1.82, 2.24) is 9.97 Å². The zero-order valence-electron chi connectivity index (χ0n) is 11.3. The maximum atomic E-state index is 6.00. The number of halogens is 3. The average molecular weight is 420 g/mol. The van der Waals surface area contributed by atoms with E-state index in [0.29, 0.717) is 16.7 Å². The fraction of sp³-hybridized carbons (Fsp3) is 0.286. The predicted octanol–water partition coefficient (Wildman–Crippen LogP) is 5.20. The molecule has 106 valence electrons. The molecule has 2 rings (SSSR count). The van der Waals surface area contributed by atoms with Crippen LogP contribution in [0.5, 0.6) is 0 Å². The summed E-state index contributed by atoms with van der Waals surface area (Å²) in [5.41, 5.74) is 7.60. The summed E-state index contributed by atoms with van der Waals surface area (Å²) < 4.78 is 1.59. The first kappa shape index (κ1) is 15.7. The molecule has 0 amide bonds. The van der Waals surface area contributed by atoms with Gasteiger partial charge in [-0.15, -0.1) is 0 Å². The van der Waals surface area contributed by atoms with Crippen LogP contribution >= 0.6 is 43.5 Å². The molecule has 2 aromatic rings. The van der Waals surface area contributed by atoms with Crippen molar-refractivity contribution >= 4 is 49.3 Å². The summed E-state index contributed by atoms with van der Waals surface area (Å²) in [4.78, 5) is 9.01. The van der Waals surface area contributed by atoms with Crippen LogP contribution in [0.1, 0.15) is 26.5 Å². The standard InChI is InChI=1S/C14H14Br2ClN3/c1-14(2,3)11-10(16)12(18)20-13(19-11)8-5-4-7(17)6-9(8)15/h4-6H,1-3H3,(H2,18,19,20). The number of nitrogen functional groups attached to an aromatic ring is 1. The summed E-state index contributed by atoms with van der Waals surface area (Å²) in [7, 11) is 0. The van der Waals surface area contributed by atoms with Crippen molar-refractivity contribution in [3.05, 3.63) is 37.9 Å². The van der Waals surface area contributed by atoms with Crippen LogP contribution < -0.4 is 5.73 Å². The Bertz CT molecular complexity index is 666. The molecule has 0 saturated heterocycles. The van der Waals surface area contributed by atoms with Gasteiger partial charge in [-0.3, -0.25) is 0 Å². The third-order valence-electron chi connectivity index (χ3n) is 2.76. The van der Waals surface area contributed by atoms with E-state index < -0.39 is 0 Å². The summed E-state index contributed by atoms with van der Waals surface area (Å²) in [6, 6.07) is 5.50. The van der Waals surface area contributed by atoms with E-state index in [-0.39, 0.29) is 5.41 Å². The number of aromatic nitrogens is 2. The van der Waals surface area contributed by atoms with Gasteiger partial charge in [0, 0.05) is 20.5 Å². The van der Waals surface area contributed by atoms with Gasteiger partial charge in [-0.25, -0.2) is 9.97 Å². The van der Waals surface area contributed by atoms with Crippen LogP contribution in [0.25, 0.3) is 11.4 Å². The van der Waals surface area contributed by atoms with Crippen molar-refractivity contribution < 1.29 is 0 Å². The highest BCUT2D eigenvalue weighted by molar-refractivity contribution is 9.11. The highest BCUT2D eigenvalue weighted by Gasteiger charge is 2.23. The van der Waals surface area contributed by atoms with Gasteiger partial charge in [0.2, 0.25) is 0 Å². The molecule has 0 unspecified atom stereocenters. The Labute approximate surface area is 140 Å². The smallest absolute Gasteiger partial charge is 0.162 e. The molecule has 0 atom stereocenters. The highest BCUT2D eigenvalue weighted by Crippen LogP contribution is 2.35. The van der Waals surface area contributed by atoms with Crippen molar-refractivity contribution in [3.63, 3.8) is 0 Å². The number of rotatable bonds is 1. The molecule has 20 heavy (non-hydrogen) atoms. The van der Waals surface area contributed by atoms with Gasteiger partial charge in [-0.05, 0) is 50.1 Å². The number of anilines is 1. The monoisotopic (exact) mass is 417 g/mol. The molecule has 3 nitrogen and oxygen atoms in total. The largest absolute Gasteiger partial charge is 0.383 e. The molecular formula is C14H14Br2ClN3. The molecule has 0 radical (unpaired) electrons. The second kappa shape index (κ2) is 5.62. The molecular weight excluding hydrogens is 405 g/mol. The van der Waals surface area contributed by atoms with Crippen LogP contribution in [-0.4, -0.2) is 9.97 Å². The molecule has 1 aromatic carbocycles. The summed E-state index contributed by atoms with van der Waals surface area (Å²) in [6.45, 7) is 6.25. The third-order valence-corrected chi connectivity index (χ3v) is 4.43. The minimum Gasteiger partial charge on any atom is -0.383 e. The lowest BCUT2D eigenvalue weighted by Crippen LogP contribution is -2.17. The third kappa shape index (κ3) is 3.15. The molecule has 6 heteroatoms. The molecule has 0 saturated carbocycles. The van der Waals surface area contributed by atoms with Gasteiger partial charge in [0.15, 0.2) is 5.82 Å². The van der Waals surface area contributed by atoms with Gasteiger partial charge in [0.1, 0.15) is 5.82 Å². The quantitative estimate of drug-likeness (QED) is 0.691. The van der Waals surface area contributed by atoms with Gasteiger partial charge < -0.3 is 5.73 Å². The number of hydrogen-bond donors (Lipinski definition) is 1. The molecule has 0 bridgehead atoms. The lowest BCUT2D eigenvalue weighted by atomic mass is 9.91. The van der Waals surface area contributed by atoms with E-state index in [1.165, 1.54) is 0 Å². The Balaban J connectivity index is 2.67. The minimum atomic E-state index is -0.135. The van der Waals surface area contributed by atoms with Crippen molar-refractivity contribution in [3.8, 4) is 11.4 Å². The SMILES string of the molecule is CC(C)(C)c1nc(-c2ccc(Cl)cc2Br)nc(N)c1Br. The fourth-order valence-corrected chi connectivity index (χ4v) is 3.38. The van der Waals surface area contributed by atoms with Gasteiger partial charge >= 0.3 is 0 Å². The van der Waals surface area contributed by atoms with Gasteiger partial charge in [0.05, 0.1) is 10.2 Å². The zero-order valence-corrected chi connectivity index (χ0v) is 15.3. The Morgan fingerprint density at radius 3 is 2.35 bits per heavy atom. The molecule has 0 fully saturated rings. The van der Waals surface area contributed by atoms with Crippen molar-refractivity contribution in [1.29, 1.82) is 0 Å². The van der Waals surface area contributed by atoms with E-state index in [9.17, 15) is 0 Å². The summed E-state index contributed by atoms with van der Waals surface area (Å²) >= 11 is 12.9. The first-order chi connectivity index (χ1) is 9.20. The van der Waals surface area contributed by atoms with Gasteiger partial charge in [0.25, 0.3) is 0 Å². The van der Waals surface area contributed by atoms with Gasteiger partial charge in [-0.1, -0.05) is 32.4 Å². The van der Waals surface area contributed by atoms with E-state index in [1.54, 1.807) is 6.07 Å². The van der Waals surface area contributed by atoms with E-state index in [4.69, 9.17) is 17.3 Å². The van der Waals surface area contributed by atoms with E-state index in [2.05, 4.69) is 62.6 Å². The molecule has 0 aliphatic heterocycles. The lowest BCUT2D eigenvalue weighted by Gasteiger charge is -2.21. The Kier molecular flexibility index (Phi) is 4.42. The normalized spacial score (nSPS) is 11.7. The molecule has 0 spiro atoms. The summed E-state index contributed by atoms with van der Waals surface area (Å²) in [5.74, 6) is 1.01. The number of benzene rings is 1. The van der Waals surface area contributed by atoms with Crippen LogP contribution in [0.4, 0.5) is 5.82 Å². The van der Waals surface area contributed by atoms with Crippen LogP contribution in [0.15, 0.2) is 27.1 Å². The van der Waals surface area contributed by atoms with Crippen LogP contribution in [-0.2, 0) is 5.41 Å². The molecule has 2 N–H and O–H groups in total. The molecule has 0 aliphatic carbocycles. The lowest BCUT2D eigenvalue weighted by molar-refractivity contribution is 0.564. The summed E-state index contributed by atoms with van der Waals surface area (Å²) in [5, 5.41) is 0.654. The Morgan fingerprint density at radius 1 is 1.15 bits per heavy atom. The topological polar surface area (TPSA) is 51.8 Å². The highest BCUT2D eigenvalue weighted by atomic mass is 79.9. The maximum absolute atomic E-state index is 6.00. The fourth-order valence-electron chi connectivity index (χ4n) is 1.75. The number of nitrogens with two attached hydrogens (primary N) is 1. The van der Waals surface area contributed by atoms with E-state index >= 15 is 0 Å². The average Bonchev–Trinajstić information content (AvgIpc) is 2.31. The van der Waals surface area contributed by atoms with Crippen LogP contribution in [0.2, 0.25) is 5.02 Å². The van der Waals surface area contributed by atoms with Crippen LogP contribution in [0, 0.1) is 0 Å². The predicted molar refractivity (Wildman–Crippen MR) is 91.0 cm³/mol. The van der Waals surface area contributed by atoms with Crippen molar-refractivity contribution in [2.24, 2.45) is 0 Å². The summed E-state index contributed by atoms with van der Waals surface area (Å²) in [6.07, 6.45) is 0. The van der Waals surface area contributed by atoms with Crippen LogP contribution in [0.3, 0.4) is 0 Å². The first-order valence-corrected chi connectivity index (χ1v) is 7.95. The Morgan fingerprint density at radius 2 is 1.80 bits per heavy atom. The van der Waals surface area contributed by atoms with Crippen molar-refractivity contribution in [2.75, 3.05) is 5.73 Å². The van der Waals surface area contributed by atoms with Gasteiger partial charge in [-0.2, -0.15) is 0 Å². The first-order valence-electron chi connectivity index (χ1n) is 5.99. The van der Waals surface area contributed by atoms with Crippen molar-refractivity contribution in [2.45, 2.75) is 26.2 Å². The number of nitrogens with zero attached hydrogens (tertiary/aromatic N) is 2. The van der Waals surface area contributed by atoms with E-state index in [0.717, 1.165) is 20.2 Å². The second-order valence-corrected chi connectivity index (χ2v) is 7.55.